The minimum Gasteiger partial charge on any atom is -0.480 e. The number of ether oxygens (including phenoxy) is 1. The van der Waals surface area contributed by atoms with Gasteiger partial charge in [0, 0.05) is 12.3 Å². The maximum atomic E-state index is 12.7. The van der Waals surface area contributed by atoms with Crippen LogP contribution in [0.5, 0.6) is 0 Å². The van der Waals surface area contributed by atoms with Crippen molar-refractivity contribution >= 4 is 18.0 Å². The SMILES string of the molecule is C#CCC(NC(=O)OCC1c2ccccc2-c2ccccc21)C(=O)N[C@H](C(=O)O)C(C)(C)C. The molecule has 1 unspecified atom stereocenters. The summed E-state index contributed by atoms with van der Waals surface area (Å²) in [6, 6.07) is 13.7. The summed E-state index contributed by atoms with van der Waals surface area (Å²) in [6.45, 7) is 5.17. The summed E-state index contributed by atoms with van der Waals surface area (Å²) >= 11 is 0. The maximum absolute atomic E-state index is 12.7. The lowest BCUT2D eigenvalue weighted by Crippen LogP contribution is -2.55. The molecule has 7 nitrogen and oxygen atoms in total. The van der Waals surface area contributed by atoms with E-state index >= 15 is 0 Å². The van der Waals surface area contributed by atoms with Gasteiger partial charge in [-0.25, -0.2) is 9.59 Å². The largest absolute Gasteiger partial charge is 0.480 e. The van der Waals surface area contributed by atoms with Crippen LogP contribution in [-0.4, -0.2) is 41.8 Å². The van der Waals surface area contributed by atoms with E-state index in [-0.39, 0.29) is 18.9 Å². The van der Waals surface area contributed by atoms with E-state index in [2.05, 4.69) is 16.6 Å². The van der Waals surface area contributed by atoms with Gasteiger partial charge in [0.25, 0.3) is 0 Å². The maximum Gasteiger partial charge on any atom is 0.407 e. The Morgan fingerprint density at radius 1 is 1.03 bits per heavy atom. The highest BCUT2D eigenvalue weighted by Gasteiger charge is 2.35. The summed E-state index contributed by atoms with van der Waals surface area (Å²) in [5.41, 5.74) is 3.62. The summed E-state index contributed by atoms with van der Waals surface area (Å²) in [5, 5.41) is 14.4. The molecule has 1 aliphatic carbocycles. The van der Waals surface area contributed by atoms with Crippen LogP contribution >= 0.6 is 0 Å². The van der Waals surface area contributed by atoms with E-state index < -0.39 is 35.5 Å². The van der Waals surface area contributed by atoms with Crippen LogP contribution in [0.4, 0.5) is 4.79 Å². The third-order valence-electron chi connectivity index (χ3n) is 5.67. The number of nitrogens with one attached hydrogen (secondary N) is 2. The molecular formula is C26H28N2O5. The number of alkyl carbamates (subject to hydrolysis) is 1. The van der Waals surface area contributed by atoms with Crippen molar-refractivity contribution in [3.05, 3.63) is 59.7 Å². The Hall–Kier alpha value is -3.79. The molecule has 2 amide bonds. The summed E-state index contributed by atoms with van der Waals surface area (Å²) in [4.78, 5) is 36.8. The Bertz CT molecular complexity index is 1050. The highest BCUT2D eigenvalue weighted by molar-refractivity contribution is 5.89. The predicted molar refractivity (Wildman–Crippen MR) is 124 cm³/mol. The normalized spacial score (nSPS) is 14.2. The molecule has 3 rings (SSSR count). The molecule has 0 bridgehead atoms. The van der Waals surface area contributed by atoms with E-state index in [9.17, 15) is 19.5 Å². The van der Waals surface area contributed by atoms with Gasteiger partial charge in [0.15, 0.2) is 0 Å². The van der Waals surface area contributed by atoms with Crippen LogP contribution in [0.1, 0.15) is 44.2 Å². The van der Waals surface area contributed by atoms with Crippen molar-refractivity contribution in [1.82, 2.24) is 10.6 Å². The highest BCUT2D eigenvalue weighted by atomic mass is 16.5. The molecule has 0 saturated carbocycles. The number of fused-ring (bicyclic) bond motifs is 3. The zero-order chi connectivity index (χ0) is 24.2. The third kappa shape index (κ3) is 5.35. The number of amides is 2. The molecule has 2 aromatic rings. The monoisotopic (exact) mass is 448 g/mol. The van der Waals surface area contributed by atoms with Crippen molar-refractivity contribution < 1.29 is 24.2 Å². The summed E-state index contributed by atoms with van der Waals surface area (Å²) in [7, 11) is 0. The molecule has 0 spiro atoms. The average molecular weight is 449 g/mol. The van der Waals surface area contributed by atoms with Crippen molar-refractivity contribution in [2.45, 2.75) is 45.2 Å². The molecule has 3 N–H and O–H groups in total. The topological polar surface area (TPSA) is 105 Å². The molecule has 0 fully saturated rings. The number of aliphatic carboxylic acids is 1. The summed E-state index contributed by atoms with van der Waals surface area (Å²) in [5.74, 6) is 0.368. The van der Waals surface area contributed by atoms with Gasteiger partial charge in [-0.05, 0) is 27.7 Å². The van der Waals surface area contributed by atoms with E-state index in [1.807, 2.05) is 48.5 Å². The molecule has 7 heteroatoms. The molecule has 0 aliphatic heterocycles. The lowest BCUT2D eigenvalue weighted by atomic mass is 9.86. The van der Waals surface area contributed by atoms with Crippen LogP contribution in [0.3, 0.4) is 0 Å². The molecule has 33 heavy (non-hydrogen) atoms. The second-order valence-corrected chi connectivity index (χ2v) is 9.08. The Balaban J connectivity index is 1.67. The minimum atomic E-state index is -1.17. The van der Waals surface area contributed by atoms with E-state index in [0.717, 1.165) is 22.3 Å². The molecule has 172 valence electrons. The van der Waals surface area contributed by atoms with Gasteiger partial charge in [0.2, 0.25) is 5.91 Å². The van der Waals surface area contributed by atoms with Crippen molar-refractivity contribution in [1.29, 1.82) is 0 Å². The van der Waals surface area contributed by atoms with Crippen molar-refractivity contribution in [3.63, 3.8) is 0 Å². The lowest BCUT2D eigenvalue weighted by molar-refractivity contribution is -0.145. The first-order valence-electron chi connectivity index (χ1n) is 10.7. The molecular weight excluding hydrogens is 420 g/mol. The third-order valence-corrected chi connectivity index (χ3v) is 5.67. The standard InChI is InChI=1S/C26H28N2O5/c1-5-10-21(23(29)28-22(24(30)31)26(2,3)4)27-25(32)33-15-20-18-13-8-6-11-16(18)17-12-7-9-14-19(17)20/h1,6-9,11-14,20-22H,10,15H2,2-4H3,(H,27,32)(H,28,29)(H,30,31)/t21?,22-/m1/s1. The average Bonchev–Trinajstić information content (AvgIpc) is 3.08. The molecule has 1 aliphatic rings. The second-order valence-electron chi connectivity index (χ2n) is 9.08. The van der Waals surface area contributed by atoms with Gasteiger partial charge in [-0.15, -0.1) is 12.3 Å². The van der Waals surface area contributed by atoms with Crippen LogP contribution in [0.2, 0.25) is 0 Å². The summed E-state index contributed by atoms with van der Waals surface area (Å²) < 4.78 is 5.47. The number of carboxylic acids is 1. The van der Waals surface area contributed by atoms with Gasteiger partial charge in [0.05, 0.1) is 0 Å². The fourth-order valence-corrected chi connectivity index (χ4v) is 4.00. The van der Waals surface area contributed by atoms with Crippen molar-refractivity contribution in [2.24, 2.45) is 5.41 Å². The van der Waals surface area contributed by atoms with Crippen molar-refractivity contribution in [2.75, 3.05) is 6.61 Å². The number of hydrogen-bond donors (Lipinski definition) is 3. The van der Waals surface area contributed by atoms with Gasteiger partial charge in [-0.2, -0.15) is 0 Å². The second kappa shape index (κ2) is 9.78. The van der Waals surface area contributed by atoms with Crippen LogP contribution in [0.25, 0.3) is 11.1 Å². The van der Waals surface area contributed by atoms with Gasteiger partial charge in [-0.1, -0.05) is 69.3 Å². The first-order valence-corrected chi connectivity index (χ1v) is 10.7. The Morgan fingerprint density at radius 2 is 1.58 bits per heavy atom. The van der Waals surface area contributed by atoms with E-state index in [1.165, 1.54) is 0 Å². The highest BCUT2D eigenvalue weighted by Crippen LogP contribution is 2.44. The first-order chi connectivity index (χ1) is 15.6. The number of carboxylic acid groups (broad SMARTS) is 1. The number of carbonyl (C=O) groups is 3. The zero-order valence-electron chi connectivity index (χ0n) is 18.9. The van der Waals surface area contributed by atoms with Gasteiger partial charge >= 0.3 is 12.1 Å². The van der Waals surface area contributed by atoms with Gasteiger partial charge < -0.3 is 20.5 Å². The van der Waals surface area contributed by atoms with E-state index in [4.69, 9.17) is 11.2 Å². The number of benzene rings is 2. The molecule has 0 radical (unpaired) electrons. The summed E-state index contributed by atoms with van der Waals surface area (Å²) in [6.07, 6.45) is 4.46. The fourth-order valence-electron chi connectivity index (χ4n) is 4.00. The van der Waals surface area contributed by atoms with Crippen LogP contribution in [-0.2, 0) is 14.3 Å². The molecule has 0 aromatic heterocycles. The predicted octanol–water partition coefficient (Wildman–Crippen LogP) is 3.53. The van der Waals surface area contributed by atoms with E-state index in [1.54, 1.807) is 20.8 Å². The quantitative estimate of drug-likeness (QED) is 0.562. The van der Waals surface area contributed by atoms with Crippen LogP contribution in [0.15, 0.2) is 48.5 Å². The Labute approximate surface area is 193 Å². The van der Waals surface area contributed by atoms with Crippen LogP contribution in [0, 0.1) is 17.8 Å². The lowest BCUT2D eigenvalue weighted by Gasteiger charge is -2.29. The number of hydrogen-bond acceptors (Lipinski definition) is 4. The smallest absolute Gasteiger partial charge is 0.407 e. The zero-order valence-corrected chi connectivity index (χ0v) is 18.9. The number of carbonyl (C=O) groups excluding carboxylic acids is 2. The molecule has 0 saturated heterocycles. The van der Waals surface area contributed by atoms with Gasteiger partial charge in [-0.3, -0.25) is 4.79 Å². The molecule has 2 aromatic carbocycles. The number of rotatable bonds is 7. The van der Waals surface area contributed by atoms with Crippen molar-refractivity contribution in [3.8, 4) is 23.5 Å². The Morgan fingerprint density at radius 3 is 2.06 bits per heavy atom. The minimum absolute atomic E-state index is 0.0873. The van der Waals surface area contributed by atoms with Crippen LogP contribution < -0.4 is 10.6 Å². The molecule has 0 heterocycles. The Kier molecular flexibility index (Phi) is 7.07. The first kappa shape index (κ1) is 23.9. The van der Waals surface area contributed by atoms with E-state index in [0.29, 0.717) is 0 Å². The fraction of sp³-hybridized carbons (Fsp3) is 0.346. The number of terminal acetylenes is 1. The molecule has 2 atom stereocenters. The van der Waals surface area contributed by atoms with Gasteiger partial charge in [0.1, 0.15) is 18.7 Å².